The van der Waals surface area contributed by atoms with Gasteiger partial charge >= 0.3 is 5.97 Å². The number of nitrogens with zero attached hydrogens (tertiary/aromatic N) is 2. The minimum absolute atomic E-state index is 0.135. The molecule has 0 fully saturated rings. The van der Waals surface area contributed by atoms with Gasteiger partial charge in [-0.3, -0.25) is 0 Å². The molecular formula is C17H9ClN2O3. The Bertz CT molecular complexity index is 975. The molecule has 4 rings (SSSR count). The molecule has 0 N–H and O–H groups in total. The molecule has 23 heavy (non-hydrogen) atoms. The fraction of sp³-hybridized carbons (Fsp3) is 0. The second-order valence-corrected chi connectivity index (χ2v) is 5.23. The number of fused-ring (bicyclic) bond motifs is 1. The minimum atomic E-state index is -0.555. The maximum Gasteiger partial charge on any atom is 0.363 e. The molecule has 0 unspecified atom stereocenters. The number of hydrogen-bond donors (Lipinski definition) is 0. The summed E-state index contributed by atoms with van der Waals surface area (Å²) in [5.41, 5.74) is 1.53. The van der Waals surface area contributed by atoms with Gasteiger partial charge in [-0.2, -0.15) is 0 Å². The van der Waals surface area contributed by atoms with Crippen molar-refractivity contribution in [3.63, 3.8) is 0 Å². The van der Waals surface area contributed by atoms with E-state index in [1.54, 1.807) is 18.2 Å². The molecule has 0 spiro atoms. The molecule has 1 aromatic carbocycles. The van der Waals surface area contributed by atoms with Crippen LogP contribution in [-0.4, -0.2) is 16.9 Å². The van der Waals surface area contributed by atoms with E-state index in [4.69, 9.17) is 20.8 Å². The highest BCUT2D eigenvalue weighted by atomic mass is 35.5. The summed E-state index contributed by atoms with van der Waals surface area (Å²) < 4.78 is 10.3. The van der Waals surface area contributed by atoms with Gasteiger partial charge in [0.15, 0.2) is 11.5 Å². The van der Waals surface area contributed by atoms with Crippen LogP contribution in [0.4, 0.5) is 0 Å². The molecule has 0 aliphatic carbocycles. The Morgan fingerprint density at radius 2 is 2.00 bits per heavy atom. The first-order valence-corrected chi connectivity index (χ1v) is 7.20. The number of hydrogen-bond acceptors (Lipinski definition) is 5. The lowest BCUT2D eigenvalue weighted by molar-refractivity contribution is -0.130. The number of rotatable bonds is 2. The van der Waals surface area contributed by atoms with E-state index in [1.165, 1.54) is 6.26 Å². The van der Waals surface area contributed by atoms with E-state index in [0.29, 0.717) is 16.5 Å². The number of aliphatic imine (C=N–C) groups is 1. The molecule has 3 aromatic rings. The SMILES string of the molecule is O=C1OC(c2ccco2)=NC1=Cc1cc2ccccc2nc1Cl. The normalized spacial score (nSPS) is 16.0. The van der Waals surface area contributed by atoms with Crippen molar-refractivity contribution in [2.45, 2.75) is 0 Å². The Morgan fingerprint density at radius 1 is 1.13 bits per heavy atom. The topological polar surface area (TPSA) is 64.7 Å². The highest BCUT2D eigenvalue weighted by molar-refractivity contribution is 6.31. The first-order valence-electron chi connectivity index (χ1n) is 6.82. The maximum absolute atomic E-state index is 11.9. The Labute approximate surface area is 135 Å². The molecule has 0 saturated heterocycles. The van der Waals surface area contributed by atoms with Crippen LogP contribution in [-0.2, 0) is 9.53 Å². The smallest absolute Gasteiger partial charge is 0.363 e. The van der Waals surface area contributed by atoms with Gasteiger partial charge in [0.05, 0.1) is 11.8 Å². The third-order valence-electron chi connectivity index (χ3n) is 3.35. The molecule has 1 aliphatic rings. The highest BCUT2D eigenvalue weighted by Gasteiger charge is 2.26. The number of benzene rings is 1. The first kappa shape index (κ1) is 13.7. The van der Waals surface area contributed by atoms with Crippen molar-refractivity contribution in [1.29, 1.82) is 0 Å². The van der Waals surface area contributed by atoms with Crippen molar-refractivity contribution >= 4 is 40.4 Å². The van der Waals surface area contributed by atoms with Gasteiger partial charge < -0.3 is 9.15 Å². The number of aromatic nitrogens is 1. The minimum Gasteiger partial charge on any atom is -0.459 e. The molecule has 0 bridgehead atoms. The monoisotopic (exact) mass is 324 g/mol. The molecule has 0 atom stereocenters. The Kier molecular flexibility index (Phi) is 3.20. The summed E-state index contributed by atoms with van der Waals surface area (Å²) in [6.45, 7) is 0. The molecular weight excluding hydrogens is 316 g/mol. The lowest BCUT2D eigenvalue weighted by Gasteiger charge is -2.02. The average molecular weight is 325 g/mol. The number of carbonyl (C=O) groups excluding carboxylic acids is 1. The van der Waals surface area contributed by atoms with E-state index in [0.717, 1.165) is 10.9 Å². The van der Waals surface area contributed by atoms with Gasteiger partial charge in [-0.25, -0.2) is 14.8 Å². The second-order valence-electron chi connectivity index (χ2n) is 4.87. The van der Waals surface area contributed by atoms with E-state index in [2.05, 4.69) is 9.98 Å². The number of esters is 1. The fourth-order valence-corrected chi connectivity index (χ4v) is 2.47. The van der Waals surface area contributed by atoms with Crippen molar-refractivity contribution in [3.8, 4) is 0 Å². The summed E-state index contributed by atoms with van der Waals surface area (Å²) in [6.07, 6.45) is 3.04. The molecule has 0 amide bonds. The summed E-state index contributed by atoms with van der Waals surface area (Å²) in [4.78, 5) is 20.4. The number of furan rings is 1. The molecule has 1 aliphatic heterocycles. The van der Waals surface area contributed by atoms with Crippen molar-refractivity contribution < 1.29 is 13.9 Å². The summed E-state index contributed by atoms with van der Waals surface area (Å²) in [5, 5.41) is 1.22. The van der Waals surface area contributed by atoms with Crippen molar-refractivity contribution in [1.82, 2.24) is 4.98 Å². The second kappa shape index (κ2) is 5.37. The summed E-state index contributed by atoms with van der Waals surface area (Å²) in [7, 11) is 0. The molecule has 0 saturated carbocycles. The Balaban J connectivity index is 1.78. The van der Waals surface area contributed by atoms with Crippen LogP contribution >= 0.6 is 11.6 Å². The molecule has 6 heteroatoms. The van der Waals surface area contributed by atoms with Crippen molar-refractivity contribution in [2.75, 3.05) is 0 Å². The third kappa shape index (κ3) is 2.51. The number of para-hydroxylation sites is 1. The first-order chi connectivity index (χ1) is 11.2. The number of pyridine rings is 1. The Hall–Kier alpha value is -2.92. The van der Waals surface area contributed by atoms with Crippen molar-refractivity contribution in [3.05, 3.63) is 70.9 Å². The van der Waals surface area contributed by atoms with E-state index in [-0.39, 0.29) is 11.6 Å². The Morgan fingerprint density at radius 3 is 2.83 bits per heavy atom. The van der Waals surface area contributed by atoms with E-state index in [9.17, 15) is 4.79 Å². The summed E-state index contributed by atoms with van der Waals surface area (Å²) >= 11 is 6.19. The van der Waals surface area contributed by atoms with Gasteiger partial charge in [-0.1, -0.05) is 29.8 Å². The number of ether oxygens (including phenoxy) is 1. The average Bonchev–Trinajstić information content (AvgIpc) is 3.18. The van der Waals surface area contributed by atoms with Crippen LogP contribution < -0.4 is 0 Å². The third-order valence-corrected chi connectivity index (χ3v) is 3.65. The van der Waals surface area contributed by atoms with Crippen LogP contribution in [0.3, 0.4) is 0 Å². The zero-order chi connectivity index (χ0) is 15.8. The van der Waals surface area contributed by atoms with Crippen LogP contribution in [0.5, 0.6) is 0 Å². The zero-order valence-electron chi connectivity index (χ0n) is 11.7. The van der Waals surface area contributed by atoms with Gasteiger partial charge in [0.2, 0.25) is 0 Å². The highest BCUT2D eigenvalue weighted by Crippen LogP contribution is 2.25. The number of carbonyl (C=O) groups is 1. The maximum atomic E-state index is 11.9. The number of cyclic esters (lactones) is 1. The van der Waals surface area contributed by atoms with Crippen LogP contribution in [0, 0.1) is 0 Å². The zero-order valence-corrected chi connectivity index (χ0v) is 12.4. The molecule has 112 valence electrons. The fourth-order valence-electron chi connectivity index (χ4n) is 2.27. The van der Waals surface area contributed by atoms with Gasteiger partial charge in [0.1, 0.15) is 5.15 Å². The predicted octanol–water partition coefficient (Wildman–Crippen LogP) is 3.83. The quantitative estimate of drug-likeness (QED) is 0.408. The molecule has 3 heterocycles. The van der Waals surface area contributed by atoms with Gasteiger partial charge in [0, 0.05) is 10.9 Å². The van der Waals surface area contributed by atoms with Crippen LogP contribution in [0.2, 0.25) is 5.15 Å². The summed E-state index contributed by atoms with van der Waals surface area (Å²) in [6, 6.07) is 12.8. The largest absolute Gasteiger partial charge is 0.459 e. The number of halogens is 1. The van der Waals surface area contributed by atoms with E-state index in [1.807, 2.05) is 30.3 Å². The van der Waals surface area contributed by atoms with E-state index < -0.39 is 5.97 Å². The van der Waals surface area contributed by atoms with Crippen LogP contribution in [0.1, 0.15) is 11.3 Å². The lowest BCUT2D eigenvalue weighted by Crippen LogP contribution is -2.04. The lowest BCUT2D eigenvalue weighted by atomic mass is 10.1. The van der Waals surface area contributed by atoms with Crippen LogP contribution in [0.15, 0.2) is 63.8 Å². The van der Waals surface area contributed by atoms with E-state index >= 15 is 0 Å². The van der Waals surface area contributed by atoms with Crippen molar-refractivity contribution in [2.24, 2.45) is 4.99 Å². The molecule has 2 aromatic heterocycles. The van der Waals surface area contributed by atoms with Gasteiger partial charge in [-0.05, 0) is 30.3 Å². The summed E-state index contributed by atoms with van der Waals surface area (Å²) in [5.74, 6) is -0.0266. The standard InChI is InChI=1S/C17H9ClN2O3/c18-15-11(8-10-4-1-2-5-12(10)19-15)9-13-17(21)23-16(20-13)14-6-3-7-22-14/h1-9H. The van der Waals surface area contributed by atoms with Gasteiger partial charge in [0.25, 0.3) is 5.90 Å². The molecule has 5 nitrogen and oxygen atoms in total. The van der Waals surface area contributed by atoms with Crippen LogP contribution in [0.25, 0.3) is 17.0 Å². The van der Waals surface area contributed by atoms with Gasteiger partial charge in [-0.15, -0.1) is 0 Å². The molecule has 0 radical (unpaired) electrons. The predicted molar refractivity (Wildman–Crippen MR) is 86.1 cm³/mol.